The number of ether oxygens (including phenoxy) is 1. The molecule has 3 nitrogen and oxygen atoms in total. The Morgan fingerprint density at radius 1 is 1.35 bits per heavy atom. The Hall–Kier alpha value is -1.81. The van der Waals surface area contributed by atoms with Gasteiger partial charge in [0.15, 0.2) is 0 Å². The summed E-state index contributed by atoms with van der Waals surface area (Å²) in [4.78, 5) is 12.4. The largest absolute Gasteiger partial charge is 0.493 e. The molecule has 0 spiro atoms. The van der Waals surface area contributed by atoms with E-state index < -0.39 is 5.91 Å². The zero-order valence-corrected chi connectivity index (χ0v) is 9.92. The number of carbonyl (C=O) groups excluding carboxylic acids is 1. The van der Waals surface area contributed by atoms with Gasteiger partial charge >= 0.3 is 0 Å². The first-order valence-corrected chi connectivity index (χ1v) is 6.27. The number of hydrogen-bond donors (Lipinski definition) is 1. The van der Waals surface area contributed by atoms with E-state index in [0.29, 0.717) is 12.2 Å². The number of fused-ring (bicyclic) bond motifs is 3. The van der Waals surface area contributed by atoms with Gasteiger partial charge in [0.25, 0.3) is 0 Å². The van der Waals surface area contributed by atoms with Crippen molar-refractivity contribution >= 4 is 17.2 Å². The summed E-state index contributed by atoms with van der Waals surface area (Å²) in [5.74, 6) is 0.328. The second-order valence-corrected chi connectivity index (χ2v) is 4.86. The van der Waals surface area contributed by atoms with Gasteiger partial charge in [-0.15, -0.1) is 11.3 Å². The second kappa shape index (κ2) is 3.89. The van der Waals surface area contributed by atoms with Crippen LogP contribution in [0.5, 0.6) is 5.75 Å². The highest BCUT2D eigenvalue weighted by Crippen LogP contribution is 2.39. The Bertz CT molecular complexity index is 589. The Labute approximate surface area is 103 Å². The first-order chi connectivity index (χ1) is 8.25. The van der Waals surface area contributed by atoms with E-state index >= 15 is 0 Å². The minimum atomic E-state index is -0.424. The van der Waals surface area contributed by atoms with Crippen molar-refractivity contribution in [3.63, 3.8) is 0 Å². The molecule has 86 valence electrons. The van der Waals surface area contributed by atoms with Crippen LogP contribution < -0.4 is 10.5 Å². The summed E-state index contributed by atoms with van der Waals surface area (Å²) in [6.45, 7) is 0.638. The summed E-state index contributed by atoms with van der Waals surface area (Å²) < 4.78 is 5.68. The van der Waals surface area contributed by atoms with Crippen LogP contribution in [0.2, 0.25) is 0 Å². The Morgan fingerprint density at radius 3 is 3.06 bits per heavy atom. The van der Waals surface area contributed by atoms with Crippen LogP contribution in [0, 0.1) is 0 Å². The van der Waals surface area contributed by atoms with Crippen molar-refractivity contribution in [2.45, 2.75) is 6.42 Å². The van der Waals surface area contributed by atoms with Crippen molar-refractivity contribution in [3.8, 4) is 16.2 Å². The lowest BCUT2D eigenvalue weighted by Gasteiger charge is -2.08. The zero-order valence-electron chi connectivity index (χ0n) is 9.10. The van der Waals surface area contributed by atoms with Gasteiger partial charge in [-0.25, -0.2) is 0 Å². The normalized spacial score (nSPS) is 13.2. The molecule has 1 aromatic heterocycles. The molecule has 1 amide bonds. The average Bonchev–Trinajstić information content (AvgIpc) is 2.71. The van der Waals surface area contributed by atoms with Crippen molar-refractivity contribution < 1.29 is 9.53 Å². The van der Waals surface area contributed by atoms with Gasteiger partial charge in [-0.3, -0.25) is 4.79 Å². The molecule has 2 aromatic rings. The lowest BCUT2D eigenvalue weighted by molar-refractivity contribution is 0.1000. The number of benzene rings is 1. The quantitative estimate of drug-likeness (QED) is 0.839. The molecule has 0 unspecified atom stereocenters. The minimum Gasteiger partial charge on any atom is -0.493 e. The Morgan fingerprint density at radius 2 is 2.24 bits per heavy atom. The van der Waals surface area contributed by atoms with Crippen molar-refractivity contribution in [2.75, 3.05) is 6.61 Å². The molecule has 0 saturated heterocycles. The SMILES string of the molecule is NC(=O)c1ccc2c(c1)OCCc1ccsc1-2. The van der Waals surface area contributed by atoms with Gasteiger partial charge in [-0.2, -0.15) is 0 Å². The number of thiophene rings is 1. The number of carbonyl (C=O) groups is 1. The first-order valence-electron chi connectivity index (χ1n) is 5.39. The maximum atomic E-state index is 11.1. The third kappa shape index (κ3) is 1.70. The molecular weight excluding hydrogens is 234 g/mol. The van der Waals surface area contributed by atoms with Gasteiger partial charge in [-0.1, -0.05) is 0 Å². The fraction of sp³-hybridized carbons (Fsp3) is 0.154. The number of primary amides is 1. The molecule has 0 atom stereocenters. The van der Waals surface area contributed by atoms with Gasteiger partial charge in [0.2, 0.25) is 5.91 Å². The minimum absolute atomic E-state index is 0.424. The van der Waals surface area contributed by atoms with E-state index in [-0.39, 0.29) is 0 Å². The third-order valence-corrected chi connectivity index (χ3v) is 3.88. The molecule has 2 heterocycles. The third-order valence-electron chi connectivity index (χ3n) is 2.89. The topological polar surface area (TPSA) is 52.3 Å². The number of rotatable bonds is 1. The van der Waals surface area contributed by atoms with Crippen molar-refractivity contribution in [1.29, 1.82) is 0 Å². The monoisotopic (exact) mass is 245 g/mol. The second-order valence-electron chi connectivity index (χ2n) is 3.95. The lowest BCUT2D eigenvalue weighted by Crippen LogP contribution is -2.11. The predicted octanol–water partition coefficient (Wildman–Crippen LogP) is 2.45. The number of nitrogens with two attached hydrogens (primary N) is 1. The van der Waals surface area contributed by atoms with Gasteiger partial charge in [0.05, 0.1) is 6.61 Å². The molecule has 2 N–H and O–H groups in total. The van der Waals surface area contributed by atoms with Crippen LogP contribution >= 0.6 is 11.3 Å². The van der Waals surface area contributed by atoms with Gasteiger partial charge < -0.3 is 10.5 Å². The van der Waals surface area contributed by atoms with Crippen LogP contribution in [0.25, 0.3) is 10.4 Å². The highest BCUT2D eigenvalue weighted by molar-refractivity contribution is 7.13. The zero-order chi connectivity index (χ0) is 11.8. The molecule has 0 radical (unpaired) electrons. The summed E-state index contributed by atoms with van der Waals surface area (Å²) in [5.41, 5.74) is 8.12. The van der Waals surface area contributed by atoms with E-state index in [0.717, 1.165) is 17.7 Å². The lowest BCUT2D eigenvalue weighted by atomic mass is 10.1. The number of amides is 1. The molecule has 3 rings (SSSR count). The molecule has 0 saturated carbocycles. The van der Waals surface area contributed by atoms with E-state index in [1.165, 1.54) is 10.4 Å². The summed E-state index contributed by atoms with van der Waals surface area (Å²) in [6, 6.07) is 7.52. The summed E-state index contributed by atoms with van der Waals surface area (Å²) in [7, 11) is 0. The van der Waals surface area contributed by atoms with Gasteiger partial charge in [0.1, 0.15) is 5.75 Å². The van der Waals surface area contributed by atoms with E-state index in [1.807, 2.05) is 6.07 Å². The molecule has 0 bridgehead atoms. The summed E-state index contributed by atoms with van der Waals surface area (Å²) in [5, 5.41) is 2.09. The molecule has 1 aromatic carbocycles. The van der Waals surface area contributed by atoms with Crippen molar-refractivity contribution in [2.24, 2.45) is 5.73 Å². The standard InChI is InChI=1S/C13H11NO2S/c14-13(15)9-1-2-10-11(7-9)16-5-3-8-4-6-17-12(8)10/h1-2,4,6-7H,3,5H2,(H2,14,15). The highest BCUT2D eigenvalue weighted by atomic mass is 32.1. The Balaban J connectivity index is 2.18. The van der Waals surface area contributed by atoms with Crippen LogP contribution in [0.3, 0.4) is 0 Å². The van der Waals surface area contributed by atoms with Gasteiger partial charge in [-0.05, 0) is 35.2 Å². The predicted molar refractivity (Wildman–Crippen MR) is 67.5 cm³/mol. The molecular formula is C13H11NO2S. The van der Waals surface area contributed by atoms with E-state index in [2.05, 4.69) is 11.4 Å². The van der Waals surface area contributed by atoms with Crippen LogP contribution in [0.1, 0.15) is 15.9 Å². The molecule has 17 heavy (non-hydrogen) atoms. The molecule has 4 heteroatoms. The average molecular weight is 245 g/mol. The molecule has 1 aliphatic heterocycles. The van der Waals surface area contributed by atoms with Crippen LogP contribution in [0.15, 0.2) is 29.6 Å². The fourth-order valence-corrected chi connectivity index (χ4v) is 3.01. The van der Waals surface area contributed by atoms with Crippen LogP contribution in [-0.4, -0.2) is 12.5 Å². The molecule has 0 aliphatic carbocycles. The maximum Gasteiger partial charge on any atom is 0.248 e. The van der Waals surface area contributed by atoms with Crippen LogP contribution in [0.4, 0.5) is 0 Å². The first kappa shape index (κ1) is 10.4. The summed E-state index contributed by atoms with van der Waals surface area (Å²) >= 11 is 1.70. The highest BCUT2D eigenvalue weighted by Gasteiger charge is 2.17. The van der Waals surface area contributed by atoms with Crippen molar-refractivity contribution in [3.05, 3.63) is 40.8 Å². The van der Waals surface area contributed by atoms with E-state index in [4.69, 9.17) is 10.5 Å². The number of hydrogen-bond acceptors (Lipinski definition) is 3. The smallest absolute Gasteiger partial charge is 0.248 e. The fourth-order valence-electron chi connectivity index (χ4n) is 2.02. The van der Waals surface area contributed by atoms with E-state index in [9.17, 15) is 4.79 Å². The van der Waals surface area contributed by atoms with E-state index in [1.54, 1.807) is 23.5 Å². The van der Waals surface area contributed by atoms with Crippen LogP contribution in [-0.2, 0) is 6.42 Å². The molecule has 0 fully saturated rings. The maximum absolute atomic E-state index is 11.1. The van der Waals surface area contributed by atoms with Crippen molar-refractivity contribution in [1.82, 2.24) is 0 Å². The Kier molecular flexibility index (Phi) is 2.37. The summed E-state index contributed by atoms with van der Waals surface area (Å²) in [6.07, 6.45) is 0.902. The van der Waals surface area contributed by atoms with Gasteiger partial charge in [0, 0.05) is 22.4 Å². The molecule has 1 aliphatic rings.